The number of amides is 1. The number of nitriles is 1. The Morgan fingerprint density at radius 3 is 2.55 bits per heavy atom. The average molecular weight is 314 g/mol. The number of halogens is 3. The van der Waals surface area contributed by atoms with Gasteiger partial charge in [-0.3, -0.25) is 4.79 Å². The van der Waals surface area contributed by atoms with Crippen molar-refractivity contribution < 1.29 is 27.5 Å². The normalized spacial score (nSPS) is 12.1. The highest BCUT2D eigenvalue weighted by atomic mass is 19.4. The Morgan fingerprint density at radius 1 is 1.36 bits per heavy atom. The molecule has 1 atom stereocenters. The zero-order valence-electron chi connectivity index (χ0n) is 11.6. The quantitative estimate of drug-likeness (QED) is 0.846. The first-order chi connectivity index (χ1) is 10.3. The van der Waals surface area contributed by atoms with Crippen LogP contribution in [-0.2, 0) is 15.7 Å². The van der Waals surface area contributed by atoms with E-state index in [-0.39, 0.29) is 12.8 Å². The Kier molecular flexibility index (Phi) is 5.92. The van der Waals surface area contributed by atoms with Gasteiger partial charge in [0.1, 0.15) is 6.04 Å². The summed E-state index contributed by atoms with van der Waals surface area (Å²) in [6.07, 6.45) is -4.80. The van der Waals surface area contributed by atoms with Gasteiger partial charge in [0.05, 0.1) is 24.3 Å². The van der Waals surface area contributed by atoms with E-state index in [4.69, 9.17) is 5.26 Å². The van der Waals surface area contributed by atoms with Crippen LogP contribution in [-0.4, -0.2) is 25.0 Å². The van der Waals surface area contributed by atoms with Gasteiger partial charge in [-0.05, 0) is 18.6 Å². The fourth-order valence-corrected chi connectivity index (χ4v) is 1.76. The number of methoxy groups -OCH3 is 1. The predicted octanol–water partition coefficient (Wildman–Crippen LogP) is 2.28. The number of hydrogen-bond acceptors (Lipinski definition) is 4. The Morgan fingerprint density at radius 2 is 2.00 bits per heavy atom. The zero-order valence-corrected chi connectivity index (χ0v) is 11.6. The maximum Gasteiger partial charge on any atom is 0.417 e. The summed E-state index contributed by atoms with van der Waals surface area (Å²) < 4.78 is 43.0. The summed E-state index contributed by atoms with van der Waals surface area (Å²) in [5, 5.41) is 10.7. The molecule has 0 aliphatic carbocycles. The lowest BCUT2D eigenvalue weighted by atomic mass is 10.1. The van der Waals surface area contributed by atoms with Crippen molar-refractivity contribution in [2.45, 2.75) is 25.1 Å². The summed E-state index contributed by atoms with van der Waals surface area (Å²) in [6, 6.07) is 4.83. The van der Waals surface area contributed by atoms with Gasteiger partial charge in [-0.2, -0.15) is 18.4 Å². The Labute approximate surface area is 124 Å². The lowest BCUT2D eigenvalue weighted by molar-refractivity contribution is -0.143. The van der Waals surface area contributed by atoms with Crippen molar-refractivity contribution in [3.05, 3.63) is 35.4 Å². The maximum absolute atomic E-state index is 12.9. The van der Waals surface area contributed by atoms with Crippen molar-refractivity contribution in [3.8, 4) is 6.07 Å². The second kappa shape index (κ2) is 7.45. The zero-order chi connectivity index (χ0) is 16.8. The Bertz CT molecular complexity index is 594. The molecule has 0 aromatic heterocycles. The number of esters is 1. The van der Waals surface area contributed by atoms with Gasteiger partial charge >= 0.3 is 12.1 Å². The van der Waals surface area contributed by atoms with Crippen LogP contribution < -0.4 is 5.32 Å². The van der Waals surface area contributed by atoms with Crippen LogP contribution in [0.1, 0.15) is 28.8 Å². The molecule has 0 saturated carbocycles. The van der Waals surface area contributed by atoms with Gasteiger partial charge in [-0.1, -0.05) is 12.1 Å². The van der Waals surface area contributed by atoms with Crippen molar-refractivity contribution in [2.24, 2.45) is 0 Å². The molecule has 0 saturated heterocycles. The number of hydrogen-bond donors (Lipinski definition) is 1. The first kappa shape index (κ1) is 17.5. The molecular formula is C14H13F3N2O3. The molecule has 0 spiro atoms. The standard InChI is InChI=1S/C14H13F3N2O3/c1-22-13(21)11(7-4-8-18)19-12(20)9-5-2-3-6-10(9)14(15,16)17/h2-3,5-6,11H,4,7H2,1H3,(H,19,20)/t11-/m1/s1. The lowest BCUT2D eigenvalue weighted by Crippen LogP contribution is -2.42. The Hall–Kier alpha value is -2.56. The number of carbonyl (C=O) groups is 2. The molecule has 118 valence electrons. The molecule has 0 aliphatic rings. The summed E-state index contributed by atoms with van der Waals surface area (Å²) in [6.45, 7) is 0. The van der Waals surface area contributed by atoms with Gasteiger partial charge in [0, 0.05) is 6.42 Å². The van der Waals surface area contributed by atoms with E-state index in [0.717, 1.165) is 25.3 Å². The third-order valence-corrected chi connectivity index (χ3v) is 2.81. The number of carbonyl (C=O) groups excluding carboxylic acids is 2. The second-order valence-electron chi connectivity index (χ2n) is 4.29. The second-order valence-corrected chi connectivity index (χ2v) is 4.29. The molecule has 1 rings (SSSR count). The summed E-state index contributed by atoms with van der Waals surface area (Å²) in [4.78, 5) is 23.5. The number of nitrogens with one attached hydrogen (secondary N) is 1. The molecule has 1 aromatic carbocycles. The summed E-state index contributed by atoms with van der Waals surface area (Å²) in [7, 11) is 1.08. The van der Waals surface area contributed by atoms with Crippen LogP contribution in [0.5, 0.6) is 0 Å². The predicted molar refractivity (Wildman–Crippen MR) is 69.6 cm³/mol. The largest absolute Gasteiger partial charge is 0.467 e. The lowest BCUT2D eigenvalue weighted by Gasteiger charge is -2.17. The molecule has 1 aromatic rings. The molecule has 0 unspecified atom stereocenters. The monoisotopic (exact) mass is 314 g/mol. The van der Waals surface area contributed by atoms with Crippen molar-refractivity contribution >= 4 is 11.9 Å². The number of rotatable bonds is 5. The molecule has 0 aliphatic heterocycles. The van der Waals surface area contributed by atoms with Crippen LogP contribution in [0, 0.1) is 11.3 Å². The van der Waals surface area contributed by atoms with Gasteiger partial charge in [0.15, 0.2) is 0 Å². The number of ether oxygens (including phenoxy) is 1. The fourth-order valence-electron chi connectivity index (χ4n) is 1.76. The smallest absolute Gasteiger partial charge is 0.417 e. The SMILES string of the molecule is COC(=O)[C@@H](CCC#N)NC(=O)c1ccccc1C(F)(F)F. The number of nitrogens with zero attached hydrogens (tertiary/aromatic N) is 1. The first-order valence-corrected chi connectivity index (χ1v) is 6.23. The van der Waals surface area contributed by atoms with Gasteiger partial charge in [-0.15, -0.1) is 0 Å². The van der Waals surface area contributed by atoms with E-state index in [1.54, 1.807) is 6.07 Å². The van der Waals surface area contributed by atoms with E-state index in [0.29, 0.717) is 0 Å². The molecule has 1 amide bonds. The van der Waals surface area contributed by atoms with Crippen LogP contribution in [0.3, 0.4) is 0 Å². The molecular weight excluding hydrogens is 301 g/mol. The molecule has 0 fully saturated rings. The number of benzene rings is 1. The summed E-state index contributed by atoms with van der Waals surface area (Å²) in [5.74, 6) is -1.88. The summed E-state index contributed by atoms with van der Waals surface area (Å²) >= 11 is 0. The molecule has 8 heteroatoms. The first-order valence-electron chi connectivity index (χ1n) is 6.23. The van der Waals surface area contributed by atoms with Crippen LogP contribution in [0.15, 0.2) is 24.3 Å². The van der Waals surface area contributed by atoms with Crippen LogP contribution in [0.4, 0.5) is 13.2 Å². The minimum Gasteiger partial charge on any atom is -0.467 e. The van der Waals surface area contributed by atoms with Crippen molar-refractivity contribution in [3.63, 3.8) is 0 Å². The molecule has 22 heavy (non-hydrogen) atoms. The van der Waals surface area contributed by atoms with Crippen molar-refractivity contribution in [1.29, 1.82) is 5.26 Å². The van der Waals surface area contributed by atoms with Crippen LogP contribution >= 0.6 is 0 Å². The summed E-state index contributed by atoms with van der Waals surface area (Å²) in [5.41, 5.74) is -1.70. The van der Waals surface area contributed by atoms with E-state index in [2.05, 4.69) is 10.1 Å². The van der Waals surface area contributed by atoms with Gasteiger partial charge in [0.2, 0.25) is 0 Å². The highest BCUT2D eigenvalue weighted by molar-refractivity contribution is 5.98. The highest BCUT2D eigenvalue weighted by Crippen LogP contribution is 2.31. The number of alkyl halides is 3. The minimum atomic E-state index is -4.69. The van der Waals surface area contributed by atoms with Crippen LogP contribution in [0.25, 0.3) is 0 Å². The van der Waals surface area contributed by atoms with E-state index >= 15 is 0 Å². The van der Waals surface area contributed by atoms with Gasteiger partial charge < -0.3 is 10.1 Å². The molecule has 0 heterocycles. The molecule has 1 N–H and O–H groups in total. The third kappa shape index (κ3) is 4.48. The van der Waals surface area contributed by atoms with E-state index in [1.807, 2.05) is 0 Å². The fraction of sp³-hybridized carbons (Fsp3) is 0.357. The topological polar surface area (TPSA) is 79.2 Å². The Balaban J connectivity index is 3.01. The molecule has 5 nitrogen and oxygen atoms in total. The van der Waals surface area contributed by atoms with Crippen LogP contribution in [0.2, 0.25) is 0 Å². The van der Waals surface area contributed by atoms with Crippen molar-refractivity contribution in [2.75, 3.05) is 7.11 Å². The van der Waals surface area contributed by atoms with Gasteiger partial charge in [0.25, 0.3) is 5.91 Å². The maximum atomic E-state index is 12.9. The van der Waals surface area contributed by atoms with Gasteiger partial charge in [-0.25, -0.2) is 4.79 Å². The van der Waals surface area contributed by atoms with Crippen molar-refractivity contribution in [1.82, 2.24) is 5.32 Å². The highest BCUT2D eigenvalue weighted by Gasteiger charge is 2.35. The minimum absolute atomic E-state index is 0.0525. The molecule has 0 radical (unpaired) electrons. The third-order valence-electron chi connectivity index (χ3n) is 2.81. The van der Waals surface area contributed by atoms with E-state index in [9.17, 15) is 22.8 Å². The van der Waals surface area contributed by atoms with E-state index < -0.39 is 35.2 Å². The average Bonchev–Trinajstić information content (AvgIpc) is 2.49. The molecule has 0 bridgehead atoms. The van der Waals surface area contributed by atoms with E-state index in [1.165, 1.54) is 6.07 Å².